The molecule has 0 aliphatic carbocycles. The lowest BCUT2D eigenvalue weighted by Crippen LogP contribution is -2.59. The molecule has 3 rings (SSSR count). The maximum absolute atomic E-state index is 12.8. The molecule has 25 heavy (non-hydrogen) atoms. The number of benzene rings is 1. The van der Waals surface area contributed by atoms with Crippen LogP contribution in [-0.4, -0.2) is 55.1 Å². The minimum absolute atomic E-state index is 0.147. The first-order valence-corrected chi connectivity index (χ1v) is 9.22. The summed E-state index contributed by atoms with van der Waals surface area (Å²) in [6, 6.07) is 3.00. The van der Waals surface area contributed by atoms with Crippen LogP contribution in [0.25, 0.3) is 0 Å². The normalized spacial score (nSPS) is 25.1. The summed E-state index contributed by atoms with van der Waals surface area (Å²) in [4.78, 5) is 13.9. The first kappa shape index (κ1) is 18.0. The van der Waals surface area contributed by atoms with E-state index in [1.54, 1.807) is 4.90 Å². The highest BCUT2D eigenvalue weighted by Gasteiger charge is 2.45. The zero-order valence-electron chi connectivity index (χ0n) is 13.4. The second-order valence-corrected chi connectivity index (χ2v) is 7.99. The number of sulfonamides is 1. The second-order valence-electron chi connectivity index (χ2n) is 6.10. The van der Waals surface area contributed by atoms with Crippen LogP contribution in [0.15, 0.2) is 29.2 Å². The van der Waals surface area contributed by atoms with Crippen molar-refractivity contribution in [3.05, 3.63) is 24.3 Å². The molecule has 138 valence electrons. The Kier molecular flexibility index (Phi) is 4.44. The molecule has 2 fully saturated rings. The summed E-state index contributed by atoms with van der Waals surface area (Å²) in [6.07, 6.45) is -3.27. The molecule has 10 heteroatoms. The van der Waals surface area contributed by atoms with Gasteiger partial charge in [-0.2, -0.15) is 4.31 Å². The molecule has 2 saturated heterocycles. The zero-order chi connectivity index (χ0) is 18.4. The van der Waals surface area contributed by atoms with Crippen LogP contribution in [0.5, 0.6) is 5.75 Å². The smallest absolute Gasteiger partial charge is 0.406 e. The minimum Gasteiger partial charge on any atom is -0.406 e. The molecule has 6 nitrogen and oxygen atoms in total. The molecule has 1 aromatic carbocycles. The predicted octanol–water partition coefficient (Wildman–Crippen LogP) is 1.97. The number of carbonyl (C=O) groups is 1. The minimum atomic E-state index is -4.85. The van der Waals surface area contributed by atoms with Gasteiger partial charge in [0.25, 0.3) is 0 Å². The van der Waals surface area contributed by atoms with Crippen molar-refractivity contribution in [2.24, 2.45) is 0 Å². The molecule has 0 bridgehead atoms. The van der Waals surface area contributed by atoms with E-state index in [4.69, 9.17) is 0 Å². The summed E-state index contributed by atoms with van der Waals surface area (Å²) >= 11 is 0. The Morgan fingerprint density at radius 3 is 2.44 bits per heavy atom. The van der Waals surface area contributed by atoms with Crippen LogP contribution in [0.2, 0.25) is 0 Å². The predicted molar refractivity (Wildman–Crippen MR) is 81.2 cm³/mol. The van der Waals surface area contributed by atoms with Crippen LogP contribution in [-0.2, 0) is 14.8 Å². The van der Waals surface area contributed by atoms with Gasteiger partial charge in [-0.05, 0) is 44.0 Å². The van der Waals surface area contributed by atoms with Gasteiger partial charge in [-0.25, -0.2) is 8.42 Å². The Labute approximate surface area is 143 Å². The molecule has 2 aliphatic heterocycles. The molecule has 0 radical (unpaired) electrons. The van der Waals surface area contributed by atoms with Crippen molar-refractivity contribution in [1.29, 1.82) is 0 Å². The molecular formula is C15H17F3N2O4S. The van der Waals surface area contributed by atoms with Crippen molar-refractivity contribution in [2.45, 2.75) is 43.1 Å². The maximum atomic E-state index is 12.8. The van der Waals surface area contributed by atoms with Gasteiger partial charge in [0.2, 0.25) is 15.9 Å². The third kappa shape index (κ3) is 3.45. The summed E-state index contributed by atoms with van der Waals surface area (Å²) in [5, 5.41) is 0. The lowest BCUT2D eigenvalue weighted by atomic mass is 10.1. The van der Waals surface area contributed by atoms with Crippen molar-refractivity contribution < 1.29 is 31.1 Å². The lowest BCUT2D eigenvalue weighted by molar-refractivity contribution is -0.274. The molecule has 0 aromatic heterocycles. The zero-order valence-corrected chi connectivity index (χ0v) is 14.2. The van der Waals surface area contributed by atoms with Crippen molar-refractivity contribution in [3.8, 4) is 5.75 Å². The largest absolute Gasteiger partial charge is 0.573 e. The van der Waals surface area contributed by atoms with E-state index in [-0.39, 0.29) is 23.4 Å². The number of nitrogens with zero attached hydrogens (tertiary/aromatic N) is 2. The molecule has 1 amide bonds. The number of carbonyl (C=O) groups excluding carboxylic acids is 1. The fraction of sp³-hybridized carbons (Fsp3) is 0.533. The first-order valence-electron chi connectivity index (χ1n) is 7.78. The average molecular weight is 378 g/mol. The van der Waals surface area contributed by atoms with Crippen LogP contribution < -0.4 is 4.74 Å². The van der Waals surface area contributed by atoms with E-state index in [1.807, 2.05) is 0 Å². The van der Waals surface area contributed by atoms with Gasteiger partial charge in [-0.15, -0.1) is 13.2 Å². The Morgan fingerprint density at radius 2 is 1.84 bits per heavy atom. The van der Waals surface area contributed by atoms with Gasteiger partial charge >= 0.3 is 6.36 Å². The van der Waals surface area contributed by atoms with E-state index in [0.717, 1.165) is 41.4 Å². The molecule has 0 unspecified atom stereocenters. The molecule has 0 saturated carbocycles. The van der Waals surface area contributed by atoms with Crippen LogP contribution in [0, 0.1) is 0 Å². The van der Waals surface area contributed by atoms with Gasteiger partial charge in [0.1, 0.15) is 11.8 Å². The van der Waals surface area contributed by atoms with Gasteiger partial charge in [0.15, 0.2) is 0 Å². The summed E-state index contributed by atoms with van der Waals surface area (Å²) in [6.45, 7) is 2.34. The quantitative estimate of drug-likeness (QED) is 0.807. The van der Waals surface area contributed by atoms with E-state index >= 15 is 0 Å². The van der Waals surface area contributed by atoms with E-state index in [9.17, 15) is 26.4 Å². The number of hydrogen-bond donors (Lipinski definition) is 0. The van der Waals surface area contributed by atoms with Gasteiger partial charge in [-0.3, -0.25) is 4.79 Å². The fourth-order valence-electron chi connectivity index (χ4n) is 3.30. The highest BCUT2D eigenvalue weighted by molar-refractivity contribution is 7.89. The number of hydrogen-bond acceptors (Lipinski definition) is 4. The van der Waals surface area contributed by atoms with Crippen molar-refractivity contribution in [2.75, 3.05) is 13.1 Å². The van der Waals surface area contributed by atoms with E-state index in [1.165, 1.54) is 6.92 Å². The number of amides is 1. The standard InChI is InChI=1S/C15H17F3N2O4S/c1-10-14(21)19-8-2-3-11(19)9-20(10)25(22,23)13-6-4-12(5-7-13)24-15(16,17)18/h4-7,10-11H,2-3,8-9H2,1H3/t10-,11-/m0/s1. The molecule has 2 atom stereocenters. The summed E-state index contributed by atoms with van der Waals surface area (Å²) in [5.74, 6) is -0.745. The average Bonchev–Trinajstić information content (AvgIpc) is 2.98. The number of ether oxygens (including phenoxy) is 1. The highest BCUT2D eigenvalue weighted by atomic mass is 32.2. The third-order valence-electron chi connectivity index (χ3n) is 4.50. The lowest BCUT2D eigenvalue weighted by Gasteiger charge is -2.40. The Morgan fingerprint density at radius 1 is 1.20 bits per heavy atom. The Hall–Kier alpha value is -1.81. The van der Waals surface area contributed by atoms with Crippen LogP contribution in [0.3, 0.4) is 0 Å². The first-order chi connectivity index (χ1) is 11.6. The van der Waals surface area contributed by atoms with Crippen LogP contribution in [0.1, 0.15) is 19.8 Å². The second kappa shape index (κ2) is 6.17. The van der Waals surface area contributed by atoms with E-state index in [0.29, 0.717) is 6.54 Å². The number of rotatable bonds is 3. The number of piperazine rings is 1. The molecule has 0 N–H and O–H groups in total. The highest BCUT2D eigenvalue weighted by Crippen LogP contribution is 2.31. The SMILES string of the molecule is C[C@H]1C(=O)N2CCC[C@H]2CN1S(=O)(=O)c1ccc(OC(F)(F)F)cc1. The summed E-state index contributed by atoms with van der Waals surface area (Å²) in [5.41, 5.74) is 0. The molecule has 2 aliphatic rings. The molecule has 2 heterocycles. The van der Waals surface area contributed by atoms with Gasteiger partial charge in [-0.1, -0.05) is 0 Å². The van der Waals surface area contributed by atoms with Crippen LogP contribution in [0.4, 0.5) is 13.2 Å². The monoisotopic (exact) mass is 378 g/mol. The number of alkyl halides is 3. The van der Waals surface area contributed by atoms with Gasteiger partial charge < -0.3 is 9.64 Å². The third-order valence-corrected chi connectivity index (χ3v) is 6.45. The Balaban J connectivity index is 1.84. The maximum Gasteiger partial charge on any atom is 0.573 e. The van der Waals surface area contributed by atoms with Crippen molar-refractivity contribution in [3.63, 3.8) is 0 Å². The van der Waals surface area contributed by atoms with E-state index in [2.05, 4.69) is 4.74 Å². The van der Waals surface area contributed by atoms with Gasteiger partial charge in [0, 0.05) is 19.1 Å². The summed E-state index contributed by atoms with van der Waals surface area (Å²) < 4.78 is 67.1. The molecular weight excluding hydrogens is 361 g/mol. The van der Waals surface area contributed by atoms with Crippen molar-refractivity contribution >= 4 is 15.9 Å². The van der Waals surface area contributed by atoms with E-state index < -0.39 is 28.2 Å². The topological polar surface area (TPSA) is 66.9 Å². The number of halogens is 3. The number of fused-ring (bicyclic) bond motifs is 1. The molecule has 0 spiro atoms. The fourth-order valence-corrected chi connectivity index (χ4v) is 4.93. The summed E-state index contributed by atoms with van der Waals surface area (Å²) in [7, 11) is -3.99. The van der Waals surface area contributed by atoms with Crippen LogP contribution >= 0.6 is 0 Å². The molecule has 1 aromatic rings. The van der Waals surface area contributed by atoms with Crippen molar-refractivity contribution in [1.82, 2.24) is 9.21 Å². The van der Waals surface area contributed by atoms with Gasteiger partial charge in [0.05, 0.1) is 4.90 Å². The Bertz CT molecular complexity index is 764.